The number of fused-ring (bicyclic) bond motifs is 1. The predicted octanol–water partition coefficient (Wildman–Crippen LogP) is 3.73. The van der Waals surface area contributed by atoms with Gasteiger partial charge in [-0.3, -0.25) is 9.48 Å². The number of halogens is 1. The molecule has 1 N–H and O–H groups in total. The zero-order valence-electron chi connectivity index (χ0n) is 14.8. The van der Waals surface area contributed by atoms with E-state index in [1.54, 1.807) is 10.7 Å². The standard InChI is InChI=1S/C18H22ClN3O3/c1-5-24-15-6-12(14(19)8-16(15)25-10(2)3)11-7-17(23)20-18-13(11)9-22(4)21-18/h6,8-11H,5,7H2,1-4H3,(H,20,21,23). The molecule has 0 saturated heterocycles. The van der Waals surface area contributed by atoms with Crippen molar-refractivity contribution >= 4 is 23.3 Å². The number of carbonyl (C=O) groups is 1. The third-order valence-corrected chi connectivity index (χ3v) is 4.31. The Morgan fingerprint density at radius 2 is 2.12 bits per heavy atom. The fourth-order valence-corrected chi connectivity index (χ4v) is 3.33. The van der Waals surface area contributed by atoms with E-state index in [9.17, 15) is 4.79 Å². The summed E-state index contributed by atoms with van der Waals surface area (Å²) in [7, 11) is 1.83. The van der Waals surface area contributed by atoms with Gasteiger partial charge in [0.15, 0.2) is 17.3 Å². The van der Waals surface area contributed by atoms with Crippen molar-refractivity contribution in [3.63, 3.8) is 0 Å². The maximum Gasteiger partial charge on any atom is 0.226 e. The van der Waals surface area contributed by atoms with Crippen LogP contribution in [0.25, 0.3) is 0 Å². The average Bonchev–Trinajstić information content (AvgIpc) is 2.88. The Bertz CT molecular complexity index is 801. The average molecular weight is 364 g/mol. The molecule has 134 valence electrons. The van der Waals surface area contributed by atoms with Crippen molar-refractivity contribution in [3.05, 3.63) is 34.5 Å². The van der Waals surface area contributed by atoms with E-state index >= 15 is 0 Å². The van der Waals surface area contributed by atoms with E-state index in [1.165, 1.54) is 0 Å². The molecule has 0 saturated carbocycles. The molecule has 1 aromatic carbocycles. The van der Waals surface area contributed by atoms with Crippen LogP contribution in [0.2, 0.25) is 5.02 Å². The summed E-state index contributed by atoms with van der Waals surface area (Å²) in [6.45, 7) is 6.33. The van der Waals surface area contributed by atoms with E-state index in [2.05, 4.69) is 10.4 Å². The fraction of sp³-hybridized carbons (Fsp3) is 0.444. The number of ether oxygens (including phenoxy) is 2. The highest BCUT2D eigenvalue weighted by Gasteiger charge is 2.31. The molecule has 3 rings (SSSR count). The lowest BCUT2D eigenvalue weighted by Crippen LogP contribution is -2.23. The largest absolute Gasteiger partial charge is 0.490 e. The first-order chi connectivity index (χ1) is 11.9. The van der Waals surface area contributed by atoms with E-state index in [0.717, 1.165) is 11.1 Å². The van der Waals surface area contributed by atoms with Gasteiger partial charge in [0.1, 0.15) is 0 Å². The summed E-state index contributed by atoms with van der Waals surface area (Å²) in [5.41, 5.74) is 1.79. The first kappa shape index (κ1) is 17.6. The monoisotopic (exact) mass is 363 g/mol. The number of nitrogens with one attached hydrogen (secondary N) is 1. The van der Waals surface area contributed by atoms with Crippen molar-refractivity contribution in [1.82, 2.24) is 9.78 Å². The molecule has 0 bridgehead atoms. The third-order valence-electron chi connectivity index (χ3n) is 3.98. The number of hydrogen-bond acceptors (Lipinski definition) is 4. The van der Waals surface area contributed by atoms with Crippen LogP contribution in [0.5, 0.6) is 11.5 Å². The lowest BCUT2D eigenvalue weighted by molar-refractivity contribution is -0.116. The first-order valence-electron chi connectivity index (χ1n) is 8.35. The lowest BCUT2D eigenvalue weighted by Gasteiger charge is -2.24. The number of aryl methyl sites for hydroxylation is 1. The van der Waals surface area contributed by atoms with Gasteiger partial charge in [0.25, 0.3) is 0 Å². The van der Waals surface area contributed by atoms with Gasteiger partial charge in [-0.15, -0.1) is 0 Å². The third kappa shape index (κ3) is 3.58. The minimum absolute atomic E-state index is 0.00603. The van der Waals surface area contributed by atoms with Crippen molar-refractivity contribution in [2.24, 2.45) is 7.05 Å². The number of carbonyl (C=O) groups excluding carboxylic acids is 1. The molecule has 1 amide bonds. The van der Waals surface area contributed by atoms with Gasteiger partial charge in [-0.2, -0.15) is 5.10 Å². The normalized spacial score (nSPS) is 16.6. The molecule has 0 radical (unpaired) electrons. The van der Waals surface area contributed by atoms with E-state index in [4.69, 9.17) is 21.1 Å². The van der Waals surface area contributed by atoms with E-state index in [0.29, 0.717) is 35.4 Å². The van der Waals surface area contributed by atoms with Crippen LogP contribution < -0.4 is 14.8 Å². The van der Waals surface area contributed by atoms with Gasteiger partial charge in [-0.05, 0) is 32.4 Å². The lowest BCUT2D eigenvalue weighted by atomic mass is 9.87. The molecule has 7 heteroatoms. The van der Waals surface area contributed by atoms with Gasteiger partial charge in [0.05, 0.1) is 12.7 Å². The highest BCUT2D eigenvalue weighted by atomic mass is 35.5. The molecule has 1 aliphatic heterocycles. The van der Waals surface area contributed by atoms with Crippen LogP contribution in [-0.4, -0.2) is 28.4 Å². The molecule has 0 fully saturated rings. The molecule has 0 aliphatic carbocycles. The predicted molar refractivity (Wildman–Crippen MR) is 96.7 cm³/mol. The molecular formula is C18H22ClN3O3. The quantitative estimate of drug-likeness (QED) is 0.878. The molecule has 1 atom stereocenters. The summed E-state index contributed by atoms with van der Waals surface area (Å²) in [5, 5.41) is 7.67. The number of amides is 1. The summed E-state index contributed by atoms with van der Waals surface area (Å²) in [5.74, 6) is 1.58. The first-order valence-corrected chi connectivity index (χ1v) is 8.73. The van der Waals surface area contributed by atoms with Crippen LogP contribution in [0.1, 0.15) is 44.2 Å². The number of hydrogen-bond donors (Lipinski definition) is 1. The van der Waals surface area contributed by atoms with Crippen molar-refractivity contribution in [1.29, 1.82) is 0 Å². The van der Waals surface area contributed by atoms with Crippen LogP contribution in [0.15, 0.2) is 18.3 Å². The van der Waals surface area contributed by atoms with E-state index in [1.807, 2.05) is 40.1 Å². The minimum Gasteiger partial charge on any atom is -0.490 e. The topological polar surface area (TPSA) is 65.4 Å². The minimum atomic E-state index is -0.169. The molecular weight excluding hydrogens is 342 g/mol. The number of benzene rings is 1. The van der Waals surface area contributed by atoms with Crippen LogP contribution >= 0.6 is 11.6 Å². The number of anilines is 1. The Hall–Kier alpha value is -2.21. The zero-order chi connectivity index (χ0) is 18.1. The number of aromatic nitrogens is 2. The van der Waals surface area contributed by atoms with Gasteiger partial charge in [-0.25, -0.2) is 0 Å². The molecule has 6 nitrogen and oxygen atoms in total. The van der Waals surface area contributed by atoms with Gasteiger partial charge in [-0.1, -0.05) is 11.6 Å². The van der Waals surface area contributed by atoms with Crippen LogP contribution in [0.3, 0.4) is 0 Å². The second-order valence-corrected chi connectivity index (χ2v) is 6.74. The van der Waals surface area contributed by atoms with E-state index in [-0.39, 0.29) is 17.9 Å². The molecule has 1 aromatic heterocycles. The Morgan fingerprint density at radius 3 is 2.80 bits per heavy atom. The van der Waals surface area contributed by atoms with Crippen LogP contribution in [0, 0.1) is 0 Å². The maximum atomic E-state index is 12.1. The Labute approximate surface area is 152 Å². The highest BCUT2D eigenvalue weighted by Crippen LogP contribution is 2.43. The smallest absolute Gasteiger partial charge is 0.226 e. The van der Waals surface area contributed by atoms with Gasteiger partial charge < -0.3 is 14.8 Å². The summed E-state index contributed by atoms with van der Waals surface area (Å²) >= 11 is 6.54. The second kappa shape index (κ2) is 6.96. The molecule has 0 spiro atoms. The Kier molecular flexibility index (Phi) is 4.90. The van der Waals surface area contributed by atoms with Gasteiger partial charge >= 0.3 is 0 Å². The second-order valence-electron chi connectivity index (χ2n) is 6.33. The van der Waals surface area contributed by atoms with Crippen molar-refractivity contribution in [3.8, 4) is 11.5 Å². The fourth-order valence-electron chi connectivity index (χ4n) is 3.05. The molecule has 2 heterocycles. The SMILES string of the molecule is CCOc1cc(C2CC(=O)Nc3nn(C)cc32)c(Cl)cc1OC(C)C. The number of nitrogens with zero attached hydrogens (tertiary/aromatic N) is 2. The van der Waals surface area contributed by atoms with Crippen molar-refractivity contribution < 1.29 is 14.3 Å². The van der Waals surface area contributed by atoms with Crippen LogP contribution in [0.4, 0.5) is 5.82 Å². The highest BCUT2D eigenvalue weighted by molar-refractivity contribution is 6.31. The molecule has 1 unspecified atom stereocenters. The van der Waals surface area contributed by atoms with Gasteiger partial charge in [0.2, 0.25) is 5.91 Å². The molecule has 2 aromatic rings. The van der Waals surface area contributed by atoms with Crippen molar-refractivity contribution in [2.75, 3.05) is 11.9 Å². The summed E-state index contributed by atoms with van der Waals surface area (Å²) in [6, 6.07) is 3.65. The Balaban J connectivity index is 2.07. The summed E-state index contributed by atoms with van der Waals surface area (Å²) < 4.78 is 13.2. The van der Waals surface area contributed by atoms with Crippen molar-refractivity contribution in [2.45, 2.75) is 39.2 Å². The summed E-state index contributed by atoms with van der Waals surface area (Å²) in [6.07, 6.45) is 2.23. The molecule has 25 heavy (non-hydrogen) atoms. The summed E-state index contributed by atoms with van der Waals surface area (Å²) in [4.78, 5) is 12.1. The van der Waals surface area contributed by atoms with E-state index < -0.39 is 0 Å². The maximum absolute atomic E-state index is 12.1. The Morgan fingerprint density at radius 1 is 1.36 bits per heavy atom. The van der Waals surface area contributed by atoms with Gasteiger partial charge in [0, 0.05) is 42.2 Å². The van der Waals surface area contributed by atoms with Crippen LogP contribution in [-0.2, 0) is 11.8 Å². The number of rotatable bonds is 5. The molecule has 1 aliphatic rings. The zero-order valence-corrected chi connectivity index (χ0v) is 15.6.